The molecule has 1 fully saturated rings. The number of hydrogen-bond donors (Lipinski definition) is 1. The van der Waals surface area contributed by atoms with Crippen molar-refractivity contribution in [2.45, 2.75) is 38.4 Å². The van der Waals surface area contributed by atoms with Crippen molar-refractivity contribution in [3.05, 3.63) is 66.7 Å². The van der Waals surface area contributed by atoms with E-state index in [2.05, 4.69) is 0 Å². The second-order valence-electron chi connectivity index (χ2n) is 6.41. The van der Waals surface area contributed by atoms with Gasteiger partial charge in [-0.25, -0.2) is 4.79 Å². The molecule has 156 valence electrons. The lowest BCUT2D eigenvalue weighted by molar-refractivity contribution is -0.151. The molecule has 8 nitrogen and oxygen atoms in total. The summed E-state index contributed by atoms with van der Waals surface area (Å²) in [6.45, 7) is 1.42. The Balaban J connectivity index is 1.71. The Labute approximate surface area is 174 Å². The number of halogens is 3. The van der Waals surface area contributed by atoms with Crippen LogP contribution in [0.25, 0.3) is 0 Å². The zero-order chi connectivity index (χ0) is 21.1. The summed E-state index contributed by atoms with van der Waals surface area (Å²) in [5, 5.41) is 0.934. The summed E-state index contributed by atoms with van der Waals surface area (Å²) in [4.78, 5) is 36.5. The maximum atomic E-state index is 13.6. The molecule has 0 aliphatic carbocycles. The largest absolute Gasteiger partial charge is 0.460 e. The lowest BCUT2D eigenvalue weighted by Gasteiger charge is -2.18. The van der Waals surface area contributed by atoms with Crippen LogP contribution in [0.3, 0.4) is 0 Å². The van der Waals surface area contributed by atoms with E-state index in [1.807, 2.05) is 4.98 Å². The zero-order valence-corrected chi connectivity index (χ0v) is 16.7. The first-order valence-corrected chi connectivity index (χ1v) is 9.35. The number of nitrogens with one attached hydrogen (secondary N) is 1. The predicted molar refractivity (Wildman–Crippen MR) is 101 cm³/mol. The number of aromatic nitrogens is 2. The molecule has 1 aromatic heterocycles. The van der Waals surface area contributed by atoms with E-state index >= 15 is 0 Å². The van der Waals surface area contributed by atoms with E-state index in [0.717, 1.165) is 10.8 Å². The van der Waals surface area contributed by atoms with Gasteiger partial charge in [-0.2, -0.15) is 4.39 Å². The fourth-order valence-electron chi connectivity index (χ4n) is 2.96. The third-order valence-corrected chi connectivity index (χ3v) is 4.87. The van der Waals surface area contributed by atoms with Gasteiger partial charge in [0.05, 0.1) is 19.4 Å². The molecule has 1 saturated heterocycles. The Hall–Kier alpha value is -2.20. The average molecular weight is 447 g/mol. The number of H-pyrrole nitrogens is 1. The molecule has 3 atom stereocenters. The van der Waals surface area contributed by atoms with Gasteiger partial charge in [0.15, 0.2) is 0 Å². The van der Waals surface area contributed by atoms with Crippen LogP contribution >= 0.6 is 23.2 Å². The van der Waals surface area contributed by atoms with E-state index in [4.69, 9.17) is 37.4 Å². The minimum absolute atomic E-state index is 0.0218. The Morgan fingerprint density at radius 3 is 2.83 bits per heavy atom. The molecule has 11 heteroatoms. The second kappa shape index (κ2) is 9.08. The molecule has 2 aromatic rings. The summed E-state index contributed by atoms with van der Waals surface area (Å²) < 4.78 is 31.1. The van der Waals surface area contributed by atoms with E-state index in [-0.39, 0.29) is 19.6 Å². The lowest BCUT2D eigenvalue weighted by Crippen LogP contribution is -2.34. The van der Waals surface area contributed by atoms with Crippen molar-refractivity contribution < 1.29 is 23.4 Å². The van der Waals surface area contributed by atoms with Gasteiger partial charge in [0.25, 0.3) is 5.56 Å². The van der Waals surface area contributed by atoms with Gasteiger partial charge in [-0.1, -0.05) is 29.3 Å². The smallest absolute Gasteiger partial charge is 0.330 e. The third kappa shape index (κ3) is 5.24. The van der Waals surface area contributed by atoms with E-state index in [1.165, 1.54) is 6.92 Å². The highest BCUT2D eigenvalue weighted by atomic mass is 35.5. The third-order valence-electron chi connectivity index (χ3n) is 4.29. The van der Waals surface area contributed by atoms with Gasteiger partial charge >= 0.3 is 11.7 Å². The van der Waals surface area contributed by atoms with E-state index in [1.54, 1.807) is 18.2 Å². The molecule has 0 saturated carbocycles. The van der Waals surface area contributed by atoms with E-state index in [0.29, 0.717) is 15.6 Å². The van der Waals surface area contributed by atoms with Crippen LogP contribution in [0, 0.1) is 5.82 Å². The molecule has 1 N–H and O–H groups in total. The van der Waals surface area contributed by atoms with Crippen LogP contribution in [0.5, 0.6) is 0 Å². The Bertz CT molecular complexity index is 1020. The van der Waals surface area contributed by atoms with Crippen LogP contribution in [0.2, 0.25) is 10.0 Å². The van der Waals surface area contributed by atoms with Crippen molar-refractivity contribution in [2.24, 2.45) is 0 Å². The van der Waals surface area contributed by atoms with Crippen LogP contribution in [-0.2, 0) is 25.6 Å². The molecule has 0 radical (unpaired) electrons. The van der Waals surface area contributed by atoms with Crippen LogP contribution in [0.4, 0.5) is 4.39 Å². The summed E-state index contributed by atoms with van der Waals surface area (Å²) in [6, 6.07) is 4.98. The minimum atomic E-state index is -1.13. The minimum Gasteiger partial charge on any atom is -0.460 e. The van der Waals surface area contributed by atoms with Crippen molar-refractivity contribution in [1.82, 2.24) is 9.55 Å². The summed E-state index contributed by atoms with van der Waals surface area (Å²) in [5.41, 5.74) is -1.26. The highest BCUT2D eigenvalue weighted by molar-refractivity contribution is 6.35. The summed E-state index contributed by atoms with van der Waals surface area (Å²) in [6.07, 6.45) is -1.53. The van der Waals surface area contributed by atoms with Crippen molar-refractivity contribution in [2.75, 3.05) is 6.61 Å². The Morgan fingerprint density at radius 1 is 1.38 bits per heavy atom. The molecular weight excluding hydrogens is 430 g/mol. The van der Waals surface area contributed by atoms with Gasteiger partial charge in [0.1, 0.15) is 18.4 Å². The van der Waals surface area contributed by atoms with E-state index in [9.17, 15) is 18.8 Å². The first-order valence-electron chi connectivity index (χ1n) is 8.60. The lowest BCUT2D eigenvalue weighted by atomic mass is 10.2. The van der Waals surface area contributed by atoms with Crippen LogP contribution in [0.15, 0.2) is 34.0 Å². The highest BCUT2D eigenvalue weighted by Crippen LogP contribution is 2.30. The van der Waals surface area contributed by atoms with Crippen molar-refractivity contribution >= 4 is 29.2 Å². The number of nitrogens with zero attached hydrogens (tertiary/aromatic N) is 1. The van der Waals surface area contributed by atoms with Gasteiger partial charge in [-0.3, -0.25) is 19.1 Å². The van der Waals surface area contributed by atoms with E-state index < -0.39 is 41.5 Å². The monoisotopic (exact) mass is 446 g/mol. The molecule has 3 rings (SSSR count). The molecule has 0 amide bonds. The van der Waals surface area contributed by atoms with Crippen molar-refractivity contribution in [3.63, 3.8) is 0 Å². The fourth-order valence-corrected chi connectivity index (χ4v) is 3.42. The number of ether oxygens (including phenoxy) is 3. The molecule has 0 spiro atoms. The average Bonchev–Trinajstić information content (AvgIpc) is 3.01. The summed E-state index contributed by atoms with van der Waals surface area (Å²) in [7, 11) is 0. The number of esters is 1. The Morgan fingerprint density at radius 2 is 2.14 bits per heavy atom. The molecule has 2 heterocycles. The van der Waals surface area contributed by atoms with Crippen LogP contribution in [0.1, 0.15) is 25.1 Å². The van der Waals surface area contributed by atoms with Gasteiger partial charge in [0, 0.05) is 23.4 Å². The number of aromatic amines is 1. The van der Waals surface area contributed by atoms with Gasteiger partial charge < -0.3 is 14.2 Å². The predicted octanol–water partition coefficient (Wildman–Crippen LogP) is 2.42. The molecular formula is C18H17Cl2FN2O6. The summed E-state index contributed by atoms with van der Waals surface area (Å²) >= 11 is 12.0. The van der Waals surface area contributed by atoms with Crippen molar-refractivity contribution in [1.29, 1.82) is 0 Å². The van der Waals surface area contributed by atoms with Gasteiger partial charge in [0.2, 0.25) is 5.82 Å². The van der Waals surface area contributed by atoms with Crippen LogP contribution < -0.4 is 11.2 Å². The number of carbonyl (C=O) groups excluding carboxylic acids is 1. The molecule has 0 bridgehead atoms. The highest BCUT2D eigenvalue weighted by Gasteiger charge is 2.39. The number of hydrogen-bond acceptors (Lipinski definition) is 6. The fraction of sp³-hybridized carbons (Fsp3) is 0.389. The standard InChI is InChI=1S/C18H17Cl2FN2O6/c1-9(24)28-14-5-16(23-6-13(21)17(25)22-18(23)26)29-15(14)8-27-7-10-2-3-11(19)4-12(10)20/h2-4,6,14-16H,5,7-8H2,1H3,(H,22,25,26)/t14?,15-,16-/m0/s1. The molecule has 1 aliphatic heterocycles. The zero-order valence-electron chi connectivity index (χ0n) is 15.2. The molecule has 1 unspecified atom stereocenters. The molecule has 1 aliphatic rings. The maximum absolute atomic E-state index is 13.6. The number of benzene rings is 1. The number of carbonyl (C=O) groups is 1. The quantitative estimate of drug-likeness (QED) is 0.683. The molecule has 29 heavy (non-hydrogen) atoms. The van der Waals surface area contributed by atoms with Crippen molar-refractivity contribution in [3.8, 4) is 0 Å². The second-order valence-corrected chi connectivity index (χ2v) is 7.25. The molecule has 1 aromatic carbocycles. The van der Waals surface area contributed by atoms with Crippen LogP contribution in [-0.4, -0.2) is 34.3 Å². The maximum Gasteiger partial charge on any atom is 0.330 e. The SMILES string of the molecule is CC(=O)OC1C[C@@H](n2cc(F)c(=O)[nH]c2=O)O[C@H]1COCc1ccc(Cl)cc1Cl. The Kier molecular flexibility index (Phi) is 6.74. The van der Waals surface area contributed by atoms with Gasteiger partial charge in [-0.15, -0.1) is 0 Å². The van der Waals surface area contributed by atoms with Gasteiger partial charge in [-0.05, 0) is 17.7 Å². The normalized spacial score (nSPS) is 21.3. The number of rotatable bonds is 6. The topological polar surface area (TPSA) is 99.6 Å². The first-order chi connectivity index (χ1) is 13.7. The first kappa shape index (κ1) is 21.5. The summed E-state index contributed by atoms with van der Waals surface area (Å²) in [5.74, 6) is -1.67.